The van der Waals surface area contributed by atoms with Gasteiger partial charge in [0, 0.05) is 10.6 Å². The van der Waals surface area contributed by atoms with E-state index in [0.29, 0.717) is 24.7 Å². The van der Waals surface area contributed by atoms with Gasteiger partial charge in [0.15, 0.2) is 11.5 Å². The molecular weight excluding hydrogens is 367 g/mol. The van der Waals surface area contributed by atoms with Crippen LogP contribution in [0.5, 0.6) is 11.5 Å². The van der Waals surface area contributed by atoms with Crippen molar-refractivity contribution in [1.29, 1.82) is 0 Å². The quantitative estimate of drug-likeness (QED) is 0.784. The molecule has 1 atom stereocenters. The molecule has 0 aliphatic carbocycles. The summed E-state index contributed by atoms with van der Waals surface area (Å²) in [5.74, 6) is 0.887. The molecule has 1 N–H and O–H groups in total. The maximum atomic E-state index is 12.8. The van der Waals surface area contributed by atoms with Gasteiger partial charge >= 0.3 is 6.18 Å². The summed E-state index contributed by atoms with van der Waals surface area (Å²) >= 11 is 1.28. The fourth-order valence-corrected chi connectivity index (χ4v) is 3.27. The molecule has 8 heteroatoms. The summed E-state index contributed by atoms with van der Waals surface area (Å²) < 4.78 is 49.2. The SMILES string of the molecule is C[C@H](Sc1ccc2c(c1)OCCO2)C(=O)Nc1cccc(C(F)(F)F)c1. The number of nitrogens with one attached hydrogen (secondary N) is 1. The Bertz CT molecular complexity index is 811. The molecule has 0 spiro atoms. The summed E-state index contributed by atoms with van der Waals surface area (Å²) in [7, 11) is 0. The summed E-state index contributed by atoms with van der Waals surface area (Å²) in [5.41, 5.74) is -0.693. The Kier molecular flexibility index (Phi) is 5.31. The topological polar surface area (TPSA) is 47.6 Å². The van der Waals surface area contributed by atoms with Gasteiger partial charge in [-0.2, -0.15) is 13.2 Å². The largest absolute Gasteiger partial charge is 0.486 e. The molecule has 0 aromatic heterocycles. The van der Waals surface area contributed by atoms with Crippen LogP contribution in [0.25, 0.3) is 0 Å². The fraction of sp³-hybridized carbons (Fsp3) is 0.278. The number of amides is 1. The molecule has 4 nitrogen and oxygen atoms in total. The lowest BCUT2D eigenvalue weighted by Gasteiger charge is -2.19. The molecule has 2 aromatic rings. The van der Waals surface area contributed by atoms with E-state index in [-0.39, 0.29) is 11.6 Å². The lowest BCUT2D eigenvalue weighted by Crippen LogP contribution is -2.22. The second kappa shape index (κ2) is 7.49. The van der Waals surface area contributed by atoms with Gasteiger partial charge < -0.3 is 14.8 Å². The number of hydrogen-bond acceptors (Lipinski definition) is 4. The summed E-state index contributed by atoms with van der Waals surface area (Å²) in [6.45, 7) is 2.65. The maximum absolute atomic E-state index is 12.8. The lowest BCUT2D eigenvalue weighted by atomic mass is 10.2. The van der Waals surface area contributed by atoms with Gasteiger partial charge in [-0.05, 0) is 43.3 Å². The Morgan fingerprint density at radius 2 is 1.85 bits per heavy atom. The third-order valence-corrected chi connectivity index (χ3v) is 4.75. The van der Waals surface area contributed by atoms with E-state index in [9.17, 15) is 18.0 Å². The normalized spacial score (nSPS) is 14.6. The average molecular weight is 383 g/mol. The van der Waals surface area contributed by atoms with Crippen LogP contribution in [0.1, 0.15) is 12.5 Å². The van der Waals surface area contributed by atoms with Crippen molar-refractivity contribution in [1.82, 2.24) is 0 Å². The molecule has 1 amide bonds. The van der Waals surface area contributed by atoms with Crippen molar-refractivity contribution in [3.8, 4) is 11.5 Å². The molecule has 0 fully saturated rings. The minimum Gasteiger partial charge on any atom is -0.486 e. The first-order chi connectivity index (χ1) is 12.3. The summed E-state index contributed by atoms with van der Waals surface area (Å²) in [4.78, 5) is 13.1. The standard InChI is InChI=1S/C18H16F3NO3S/c1-11(26-14-5-6-15-16(10-14)25-8-7-24-15)17(23)22-13-4-2-3-12(9-13)18(19,20)21/h2-6,9-11H,7-8H2,1H3,(H,22,23)/t11-/m0/s1. The Morgan fingerprint density at radius 1 is 1.12 bits per heavy atom. The van der Waals surface area contributed by atoms with Crippen molar-refractivity contribution >= 4 is 23.4 Å². The fourth-order valence-electron chi connectivity index (χ4n) is 2.37. The summed E-state index contributed by atoms with van der Waals surface area (Å²) in [6, 6.07) is 9.93. The Hall–Kier alpha value is -2.35. The van der Waals surface area contributed by atoms with Crippen LogP contribution < -0.4 is 14.8 Å². The molecule has 0 unspecified atom stereocenters. The van der Waals surface area contributed by atoms with Crippen LogP contribution in [-0.2, 0) is 11.0 Å². The zero-order valence-corrected chi connectivity index (χ0v) is 14.6. The highest BCUT2D eigenvalue weighted by Crippen LogP contribution is 2.36. The van der Waals surface area contributed by atoms with Crippen LogP contribution >= 0.6 is 11.8 Å². The third-order valence-electron chi connectivity index (χ3n) is 3.65. The molecular formula is C18H16F3NO3S. The van der Waals surface area contributed by atoms with Gasteiger partial charge in [-0.15, -0.1) is 11.8 Å². The first kappa shape index (κ1) is 18.4. The van der Waals surface area contributed by atoms with Crippen LogP contribution in [0.4, 0.5) is 18.9 Å². The van der Waals surface area contributed by atoms with Crippen LogP contribution in [-0.4, -0.2) is 24.4 Å². The van der Waals surface area contributed by atoms with E-state index in [1.54, 1.807) is 19.1 Å². The smallest absolute Gasteiger partial charge is 0.416 e. The Labute approximate surface area is 152 Å². The lowest BCUT2D eigenvalue weighted by molar-refractivity contribution is -0.137. The van der Waals surface area contributed by atoms with Crippen LogP contribution in [0.2, 0.25) is 0 Å². The van der Waals surface area contributed by atoms with Gasteiger partial charge in [0.2, 0.25) is 5.91 Å². The number of benzene rings is 2. The van der Waals surface area contributed by atoms with E-state index in [4.69, 9.17) is 9.47 Å². The van der Waals surface area contributed by atoms with Crippen molar-refractivity contribution < 1.29 is 27.4 Å². The average Bonchev–Trinajstić information content (AvgIpc) is 2.61. The first-order valence-corrected chi connectivity index (χ1v) is 8.75. The predicted molar refractivity (Wildman–Crippen MR) is 92.8 cm³/mol. The molecule has 1 heterocycles. The number of rotatable bonds is 4. The van der Waals surface area contributed by atoms with Crippen molar-refractivity contribution in [3.05, 3.63) is 48.0 Å². The molecule has 3 rings (SSSR count). The number of fused-ring (bicyclic) bond motifs is 1. The molecule has 0 saturated carbocycles. The highest BCUT2D eigenvalue weighted by Gasteiger charge is 2.30. The van der Waals surface area contributed by atoms with E-state index in [0.717, 1.165) is 17.0 Å². The number of alkyl halides is 3. The minimum absolute atomic E-state index is 0.111. The van der Waals surface area contributed by atoms with Gasteiger partial charge in [-0.1, -0.05) is 6.07 Å². The zero-order chi connectivity index (χ0) is 18.7. The highest BCUT2D eigenvalue weighted by atomic mass is 32.2. The van der Waals surface area contributed by atoms with E-state index in [1.807, 2.05) is 6.07 Å². The Balaban J connectivity index is 1.65. The van der Waals surface area contributed by atoms with Gasteiger partial charge in [0.05, 0.1) is 10.8 Å². The van der Waals surface area contributed by atoms with Crippen LogP contribution in [0, 0.1) is 0 Å². The summed E-state index contributed by atoms with van der Waals surface area (Å²) in [6.07, 6.45) is -4.45. The van der Waals surface area contributed by atoms with Gasteiger partial charge in [-0.3, -0.25) is 4.79 Å². The van der Waals surface area contributed by atoms with Crippen molar-refractivity contribution in [2.75, 3.05) is 18.5 Å². The van der Waals surface area contributed by atoms with Crippen molar-refractivity contribution in [2.24, 2.45) is 0 Å². The molecule has 26 heavy (non-hydrogen) atoms. The number of thioether (sulfide) groups is 1. The molecule has 0 radical (unpaired) electrons. The van der Waals surface area contributed by atoms with Crippen LogP contribution in [0.15, 0.2) is 47.4 Å². The molecule has 0 bridgehead atoms. The maximum Gasteiger partial charge on any atom is 0.416 e. The van der Waals surface area contributed by atoms with Crippen LogP contribution in [0.3, 0.4) is 0 Å². The molecule has 0 saturated heterocycles. The van der Waals surface area contributed by atoms with E-state index < -0.39 is 17.0 Å². The van der Waals surface area contributed by atoms with Gasteiger partial charge in [0.1, 0.15) is 13.2 Å². The highest BCUT2D eigenvalue weighted by molar-refractivity contribution is 8.00. The zero-order valence-electron chi connectivity index (χ0n) is 13.8. The first-order valence-electron chi connectivity index (χ1n) is 7.87. The molecule has 2 aromatic carbocycles. The number of anilines is 1. The summed E-state index contributed by atoms with van der Waals surface area (Å²) in [5, 5.41) is 2.01. The second-order valence-electron chi connectivity index (χ2n) is 5.63. The number of ether oxygens (including phenoxy) is 2. The van der Waals surface area contributed by atoms with E-state index in [2.05, 4.69) is 5.32 Å². The third kappa shape index (κ3) is 4.43. The second-order valence-corrected chi connectivity index (χ2v) is 7.05. The van der Waals surface area contributed by atoms with E-state index >= 15 is 0 Å². The molecule has 1 aliphatic heterocycles. The number of halogens is 3. The molecule has 138 valence electrons. The molecule has 1 aliphatic rings. The van der Waals surface area contributed by atoms with Gasteiger partial charge in [-0.25, -0.2) is 0 Å². The van der Waals surface area contributed by atoms with Crippen molar-refractivity contribution in [3.63, 3.8) is 0 Å². The van der Waals surface area contributed by atoms with Gasteiger partial charge in [0.25, 0.3) is 0 Å². The minimum atomic E-state index is -4.45. The number of hydrogen-bond donors (Lipinski definition) is 1. The predicted octanol–water partition coefficient (Wildman–Crippen LogP) is 4.60. The Morgan fingerprint density at radius 3 is 2.58 bits per heavy atom. The number of carbonyl (C=O) groups is 1. The number of carbonyl (C=O) groups excluding carboxylic acids is 1. The van der Waals surface area contributed by atoms with Crippen molar-refractivity contribution in [2.45, 2.75) is 23.2 Å². The van der Waals surface area contributed by atoms with E-state index in [1.165, 1.54) is 23.9 Å². The monoisotopic (exact) mass is 383 g/mol.